The van der Waals surface area contributed by atoms with Crippen LogP contribution in [0, 0.1) is 0 Å². The molecule has 80 valence electrons. The SMILES string of the molecule is NCCN(CCCCO)CC(F)F. The largest absolute Gasteiger partial charge is 0.396 e. The molecule has 0 unspecified atom stereocenters. The van der Waals surface area contributed by atoms with Crippen molar-refractivity contribution in [1.29, 1.82) is 0 Å². The summed E-state index contributed by atoms with van der Waals surface area (Å²) < 4.78 is 24.0. The van der Waals surface area contributed by atoms with Gasteiger partial charge in [0.15, 0.2) is 0 Å². The zero-order chi connectivity index (χ0) is 10.1. The molecule has 0 aromatic rings. The first-order valence-electron chi connectivity index (χ1n) is 4.52. The van der Waals surface area contributed by atoms with Gasteiger partial charge in [0.05, 0.1) is 6.54 Å². The number of unbranched alkanes of at least 4 members (excludes halogenated alkanes) is 1. The van der Waals surface area contributed by atoms with E-state index in [9.17, 15) is 8.78 Å². The molecule has 3 N–H and O–H groups in total. The number of rotatable bonds is 8. The van der Waals surface area contributed by atoms with E-state index in [1.807, 2.05) is 0 Å². The fraction of sp³-hybridized carbons (Fsp3) is 1.00. The van der Waals surface area contributed by atoms with Crippen molar-refractivity contribution in [3.63, 3.8) is 0 Å². The molecule has 0 rings (SSSR count). The van der Waals surface area contributed by atoms with E-state index >= 15 is 0 Å². The average Bonchev–Trinajstić information content (AvgIpc) is 2.04. The van der Waals surface area contributed by atoms with E-state index in [-0.39, 0.29) is 13.2 Å². The van der Waals surface area contributed by atoms with Crippen LogP contribution in [-0.2, 0) is 0 Å². The van der Waals surface area contributed by atoms with Crippen LogP contribution in [0.4, 0.5) is 8.78 Å². The Morgan fingerprint density at radius 1 is 1.23 bits per heavy atom. The molecule has 0 fully saturated rings. The van der Waals surface area contributed by atoms with E-state index in [2.05, 4.69) is 0 Å². The van der Waals surface area contributed by atoms with Crippen molar-refractivity contribution in [2.45, 2.75) is 19.3 Å². The summed E-state index contributed by atoms with van der Waals surface area (Å²) in [7, 11) is 0. The van der Waals surface area contributed by atoms with E-state index in [0.717, 1.165) is 6.42 Å². The van der Waals surface area contributed by atoms with Crippen LogP contribution in [-0.4, -0.2) is 49.2 Å². The average molecular weight is 196 g/mol. The third-order valence-corrected chi connectivity index (χ3v) is 1.72. The highest BCUT2D eigenvalue weighted by molar-refractivity contribution is 4.59. The second-order valence-electron chi connectivity index (χ2n) is 2.91. The minimum atomic E-state index is -2.30. The van der Waals surface area contributed by atoms with Gasteiger partial charge in [-0.25, -0.2) is 8.78 Å². The number of hydrogen-bond acceptors (Lipinski definition) is 3. The molecule has 5 heteroatoms. The third kappa shape index (κ3) is 8.08. The molecule has 0 atom stereocenters. The molecule has 3 nitrogen and oxygen atoms in total. The van der Waals surface area contributed by atoms with E-state index in [1.165, 1.54) is 0 Å². The quantitative estimate of drug-likeness (QED) is 0.548. The smallest absolute Gasteiger partial charge is 0.251 e. The molecular weight excluding hydrogens is 178 g/mol. The predicted octanol–water partition coefficient (Wildman–Crippen LogP) is 0.285. The molecule has 0 aliphatic rings. The number of aliphatic hydroxyl groups excluding tert-OH is 1. The Hall–Kier alpha value is -0.260. The first kappa shape index (κ1) is 12.7. The van der Waals surface area contributed by atoms with E-state index in [0.29, 0.717) is 26.1 Å². The molecule has 0 aromatic heterocycles. The van der Waals surface area contributed by atoms with Gasteiger partial charge in [-0.05, 0) is 19.4 Å². The van der Waals surface area contributed by atoms with Gasteiger partial charge in [-0.3, -0.25) is 4.90 Å². The summed E-state index contributed by atoms with van der Waals surface area (Å²) in [5, 5.41) is 8.50. The van der Waals surface area contributed by atoms with Gasteiger partial charge >= 0.3 is 0 Å². The fourth-order valence-corrected chi connectivity index (χ4v) is 1.12. The molecule has 0 heterocycles. The minimum absolute atomic E-state index is 0.116. The van der Waals surface area contributed by atoms with Crippen LogP contribution in [0.25, 0.3) is 0 Å². The number of alkyl halides is 2. The van der Waals surface area contributed by atoms with E-state index in [1.54, 1.807) is 4.90 Å². The molecule has 0 bridgehead atoms. The molecule has 0 saturated heterocycles. The molecule has 0 amide bonds. The lowest BCUT2D eigenvalue weighted by atomic mass is 10.3. The second kappa shape index (κ2) is 8.34. The number of nitrogens with zero attached hydrogens (tertiary/aromatic N) is 1. The van der Waals surface area contributed by atoms with Crippen LogP contribution in [0.3, 0.4) is 0 Å². The van der Waals surface area contributed by atoms with Gasteiger partial charge in [0.1, 0.15) is 0 Å². The molecule has 0 radical (unpaired) electrons. The van der Waals surface area contributed by atoms with Crippen molar-refractivity contribution in [3.8, 4) is 0 Å². The van der Waals surface area contributed by atoms with Gasteiger partial charge in [0, 0.05) is 19.7 Å². The van der Waals surface area contributed by atoms with Crippen molar-refractivity contribution in [3.05, 3.63) is 0 Å². The highest BCUT2D eigenvalue weighted by atomic mass is 19.3. The monoisotopic (exact) mass is 196 g/mol. The van der Waals surface area contributed by atoms with Gasteiger partial charge in [-0.1, -0.05) is 0 Å². The highest BCUT2D eigenvalue weighted by Gasteiger charge is 2.10. The Labute approximate surface area is 77.5 Å². The van der Waals surface area contributed by atoms with Crippen LogP contribution in [0.1, 0.15) is 12.8 Å². The maximum Gasteiger partial charge on any atom is 0.251 e. The van der Waals surface area contributed by atoms with Crippen molar-refractivity contribution >= 4 is 0 Å². The standard InChI is InChI=1S/C8H18F2N2O/c9-8(10)7-12(5-3-11)4-1-2-6-13/h8,13H,1-7,11H2. The van der Waals surface area contributed by atoms with Gasteiger partial charge in [0.25, 0.3) is 6.43 Å². The van der Waals surface area contributed by atoms with Crippen LogP contribution in [0.15, 0.2) is 0 Å². The maximum atomic E-state index is 12.0. The van der Waals surface area contributed by atoms with Crippen molar-refractivity contribution in [2.24, 2.45) is 5.73 Å². The summed E-state index contributed by atoms with van der Waals surface area (Å²) in [5.74, 6) is 0. The molecule has 0 spiro atoms. The first-order valence-corrected chi connectivity index (χ1v) is 4.52. The summed E-state index contributed by atoms with van der Waals surface area (Å²) in [6, 6.07) is 0. The minimum Gasteiger partial charge on any atom is -0.396 e. The second-order valence-corrected chi connectivity index (χ2v) is 2.91. The summed E-state index contributed by atoms with van der Waals surface area (Å²) >= 11 is 0. The van der Waals surface area contributed by atoms with Gasteiger partial charge in [0.2, 0.25) is 0 Å². The molecular formula is C8H18F2N2O. The third-order valence-electron chi connectivity index (χ3n) is 1.72. The summed E-state index contributed by atoms with van der Waals surface area (Å²) in [6.07, 6.45) is -0.909. The van der Waals surface area contributed by atoms with E-state index in [4.69, 9.17) is 10.8 Å². The predicted molar refractivity (Wildman–Crippen MR) is 47.8 cm³/mol. The summed E-state index contributed by atoms with van der Waals surface area (Å²) in [6.45, 7) is 1.37. The van der Waals surface area contributed by atoms with E-state index < -0.39 is 6.43 Å². The lowest BCUT2D eigenvalue weighted by Crippen LogP contribution is -2.34. The van der Waals surface area contributed by atoms with Gasteiger partial charge in [-0.2, -0.15) is 0 Å². The van der Waals surface area contributed by atoms with Gasteiger partial charge < -0.3 is 10.8 Å². The van der Waals surface area contributed by atoms with Crippen LogP contribution in [0.2, 0.25) is 0 Å². The fourth-order valence-electron chi connectivity index (χ4n) is 1.12. The van der Waals surface area contributed by atoms with Gasteiger partial charge in [-0.15, -0.1) is 0 Å². The summed E-state index contributed by atoms with van der Waals surface area (Å²) in [4.78, 5) is 1.63. The number of halogens is 2. The Bertz CT molecular complexity index is 114. The number of nitrogens with two attached hydrogens (primary N) is 1. The zero-order valence-electron chi connectivity index (χ0n) is 7.75. The van der Waals surface area contributed by atoms with Crippen LogP contribution in [0.5, 0.6) is 0 Å². The number of hydrogen-bond donors (Lipinski definition) is 2. The molecule has 0 aliphatic carbocycles. The molecule has 0 aliphatic heterocycles. The first-order chi connectivity index (χ1) is 6.20. The van der Waals surface area contributed by atoms with Crippen molar-refractivity contribution in [1.82, 2.24) is 4.90 Å². The van der Waals surface area contributed by atoms with Crippen molar-refractivity contribution < 1.29 is 13.9 Å². The van der Waals surface area contributed by atoms with Crippen molar-refractivity contribution in [2.75, 3.05) is 32.8 Å². The zero-order valence-corrected chi connectivity index (χ0v) is 7.75. The molecule has 13 heavy (non-hydrogen) atoms. The Morgan fingerprint density at radius 3 is 2.38 bits per heavy atom. The topological polar surface area (TPSA) is 49.5 Å². The Balaban J connectivity index is 3.53. The van der Waals surface area contributed by atoms with Crippen LogP contribution >= 0.6 is 0 Å². The molecule has 0 saturated carbocycles. The maximum absolute atomic E-state index is 12.0. The lowest BCUT2D eigenvalue weighted by Gasteiger charge is -2.20. The summed E-state index contributed by atoms with van der Waals surface area (Å²) in [5.41, 5.74) is 5.27. The Kier molecular flexibility index (Phi) is 8.18. The van der Waals surface area contributed by atoms with Crippen LogP contribution < -0.4 is 5.73 Å². The normalized spacial score (nSPS) is 11.5. The molecule has 0 aromatic carbocycles. The highest BCUT2D eigenvalue weighted by Crippen LogP contribution is 2.00. The Morgan fingerprint density at radius 2 is 1.92 bits per heavy atom. The number of aliphatic hydroxyl groups is 1. The lowest BCUT2D eigenvalue weighted by molar-refractivity contribution is 0.0880.